The molecule has 2 aliphatic rings. The predicted octanol–water partition coefficient (Wildman–Crippen LogP) is 3.21. The maximum absolute atomic E-state index is 13.9. The minimum Gasteiger partial charge on any atom is -0.493 e. The van der Waals surface area contributed by atoms with E-state index >= 15 is 0 Å². The third-order valence-corrected chi connectivity index (χ3v) is 8.17. The Labute approximate surface area is 263 Å². The average Bonchev–Trinajstić information content (AvgIpc) is 3.57. The Balaban J connectivity index is 1.40. The van der Waals surface area contributed by atoms with Crippen molar-refractivity contribution in [2.75, 3.05) is 66.8 Å². The fourth-order valence-electron chi connectivity index (χ4n) is 5.59. The number of benzene rings is 2. The predicted molar refractivity (Wildman–Crippen MR) is 160 cm³/mol. The summed E-state index contributed by atoms with van der Waals surface area (Å²) in [6, 6.07) is 5.86. The van der Waals surface area contributed by atoms with Crippen molar-refractivity contribution >= 4 is 44.2 Å². The van der Waals surface area contributed by atoms with Crippen molar-refractivity contribution in [3.8, 4) is 23.0 Å². The standard InChI is InChI=1S/C30H32N2O13S/c1-17-27(29(33)31-4-8-40-9-5-31)18-12-24(22(38-2)14-20(18)43-17)42-16-26-28(30(34)32-6-10-41-11-7-32)19-13-25(45-46(35,36)37)23(39-3)15-21(19)44-26/h12-15H,4-11,16H2,1-3H3,(H,35,36,37). The molecule has 0 saturated carbocycles. The van der Waals surface area contributed by atoms with Crippen molar-refractivity contribution in [3.05, 3.63) is 46.9 Å². The number of fused-ring (bicyclic) bond motifs is 2. The zero-order valence-electron chi connectivity index (χ0n) is 25.3. The SMILES string of the molecule is COc1cc2oc(C)c(C(=O)N3CCOCC3)c2cc1OCc1oc2cc(OC)c(OS(=O)(=O)O)cc2c1C(=O)N1CCOCC1. The highest BCUT2D eigenvalue weighted by molar-refractivity contribution is 7.81. The van der Waals surface area contributed by atoms with Gasteiger partial charge < -0.3 is 46.5 Å². The quantitative estimate of drug-likeness (QED) is 0.259. The maximum Gasteiger partial charge on any atom is 0.446 e. The Morgan fingerprint density at radius 2 is 1.26 bits per heavy atom. The first-order chi connectivity index (χ1) is 22.1. The zero-order valence-corrected chi connectivity index (χ0v) is 26.1. The van der Waals surface area contributed by atoms with Crippen LogP contribution in [-0.4, -0.2) is 101 Å². The summed E-state index contributed by atoms with van der Waals surface area (Å²) in [5.74, 6) is 0.127. The van der Waals surface area contributed by atoms with Crippen molar-refractivity contribution in [1.29, 1.82) is 0 Å². The third-order valence-electron chi connectivity index (χ3n) is 7.78. The zero-order chi connectivity index (χ0) is 32.6. The fraction of sp³-hybridized carbons (Fsp3) is 0.400. The number of rotatable bonds is 9. The van der Waals surface area contributed by atoms with Crippen LogP contribution in [0, 0.1) is 6.92 Å². The number of amides is 2. The van der Waals surface area contributed by atoms with Gasteiger partial charge in [0.25, 0.3) is 11.8 Å². The summed E-state index contributed by atoms with van der Waals surface area (Å²) in [6.07, 6.45) is 0. The first-order valence-electron chi connectivity index (χ1n) is 14.4. The van der Waals surface area contributed by atoms with Gasteiger partial charge in [-0.2, -0.15) is 8.42 Å². The van der Waals surface area contributed by atoms with Crippen LogP contribution in [0.25, 0.3) is 21.9 Å². The highest BCUT2D eigenvalue weighted by Gasteiger charge is 2.30. The van der Waals surface area contributed by atoms with E-state index in [1.807, 2.05) is 0 Å². The normalized spacial score (nSPS) is 15.7. The molecule has 2 aromatic carbocycles. The van der Waals surface area contributed by atoms with Crippen molar-refractivity contribution < 1.29 is 59.3 Å². The van der Waals surface area contributed by atoms with Gasteiger partial charge in [0, 0.05) is 49.1 Å². The van der Waals surface area contributed by atoms with Crippen LogP contribution in [0.3, 0.4) is 0 Å². The highest BCUT2D eigenvalue weighted by atomic mass is 32.3. The fourth-order valence-corrected chi connectivity index (χ4v) is 5.94. The van der Waals surface area contributed by atoms with E-state index in [9.17, 15) is 22.6 Å². The number of nitrogens with zero attached hydrogens (tertiary/aromatic N) is 2. The van der Waals surface area contributed by atoms with Gasteiger partial charge in [-0.3, -0.25) is 14.1 Å². The smallest absolute Gasteiger partial charge is 0.446 e. The molecule has 246 valence electrons. The molecule has 46 heavy (non-hydrogen) atoms. The van der Waals surface area contributed by atoms with Crippen LogP contribution < -0.4 is 18.4 Å². The lowest BCUT2D eigenvalue weighted by Gasteiger charge is -2.27. The number of carbonyl (C=O) groups excluding carboxylic acids is 2. The summed E-state index contributed by atoms with van der Waals surface area (Å²) in [5, 5.41) is 0.733. The van der Waals surface area contributed by atoms with Gasteiger partial charge >= 0.3 is 10.4 Å². The van der Waals surface area contributed by atoms with Crippen LogP contribution in [0.4, 0.5) is 0 Å². The number of hydrogen-bond donors (Lipinski definition) is 1. The van der Waals surface area contributed by atoms with Crippen LogP contribution in [-0.2, 0) is 26.5 Å². The molecule has 0 bridgehead atoms. The van der Waals surface area contributed by atoms with E-state index in [0.29, 0.717) is 80.6 Å². The first-order valence-corrected chi connectivity index (χ1v) is 15.7. The molecular weight excluding hydrogens is 628 g/mol. The van der Waals surface area contributed by atoms with Gasteiger partial charge in [-0.15, -0.1) is 0 Å². The number of ether oxygens (including phenoxy) is 5. The minimum absolute atomic E-state index is 0.0587. The summed E-state index contributed by atoms with van der Waals surface area (Å²) in [5.41, 5.74) is 1.11. The molecule has 2 aliphatic heterocycles. The van der Waals surface area contributed by atoms with E-state index in [1.165, 1.54) is 26.4 Å². The van der Waals surface area contributed by atoms with Crippen molar-refractivity contribution in [2.24, 2.45) is 0 Å². The Bertz CT molecular complexity index is 1900. The molecule has 16 heteroatoms. The highest BCUT2D eigenvalue weighted by Crippen LogP contribution is 2.40. The van der Waals surface area contributed by atoms with Crippen molar-refractivity contribution in [2.45, 2.75) is 13.5 Å². The van der Waals surface area contributed by atoms with Crippen molar-refractivity contribution in [1.82, 2.24) is 9.80 Å². The summed E-state index contributed by atoms with van der Waals surface area (Å²) in [7, 11) is -2.17. The Morgan fingerprint density at radius 3 is 1.83 bits per heavy atom. The van der Waals surface area contributed by atoms with E-state index in [0.717, 1.165) is 0 Å². The Hall–Kier alpha value is -4.51. The molecular formula is C30H32N2O13S. The summed E-state index contributed by atoms with van der Waals surface area (Å²) >= 11 is 0. The molecule has 4 aromatic rings. The average molecular weight is 661 g/mol. The largest absolute Gasteiger partial charge is 0.493 e. The summed E-state index contributed by atoms with van der Waals surface area (Å²) in [4.78, 5) is 30.6. The monoisotopic (exact) mass is 660 g/mol. The third kappa shape index (κ3) is 6.16. The molecule has 0 radical (unpaired) electrons. The Morgan fingerprint density at radius 1 is 0.761 bits per heavy atom. The second-order valence-electron chi connectivity index (χ2n) is 10.5. The molecule has 4 heterocycles. The van der Waals surface area contributed by atoms with E-state index in [4.69, 9.17) is 36.7 Å². The van der Waals surface area contributed by atoms with E-state index in [1.54, 1.807) is 28.9 Å². The number of hydrogen-bond acceptors (Lipinski definition) is 12. The lowest BCUT2D eigenvalue weighted by molar-refractivity contribution is 0.0300. The van der Waals surface area contributed by atoms with Crippen LogP contribution in [0.2, 0.25) is 0 Å². The van der Waals surface area contributed by atoms with E-state index < -0.39 is 16.3 Å². The molecule has 0 spiro atoms. The number of carbonyl (C=O) groups is 2. The molecule has 15 nitrogen and oxygen atoms in total. The molecule has 0 aliphatic carbocycles. The van der Waals surface area contributed by atoms with Crippen LogP contribution >= 0.6 is 0 Å². The topological polar surface area (TPSA) is 177 Å². The molecule has 0 atom stereocenters. The van der Waals surface area contributed by atoms with Gasteiger partial charge in [0.15, 0.2) is 28.8 Å². The molecule has 6 rings (SSSR count). The molecule has 2 saturated heterocycles. The number of morpholine rings is 2. The number of furan rings is 2. The second kappa shape index (κ2) is 12.7. The van der Waals surface area contributed by atoms with E-state index in [-0.39, 0.29) is 52.1 Å². The van der Waals surface area contributed by atoms with Crippen molar-refractivity contribution in [3.63, 3.8) is 0 Å². The van der Waals surface area contributed by atoms with Gasteiger partial charge in [0.05, 0.1) is 51.8 Å². The molecule has 2 amide bonds. The van der Waals surface area contributed by atoms with E-state index in [2.05, 4.69) is 0 Å². The van der Waals surface area contributed by atoms with Crippen LogP contribution in [0.15, 0.2) is 33.1 Å². The molecule has 2 fully saturated rings. The van der Waals surface area contributed by atoms with Gasteiger partial charge in [-0.05, 0) is 19.1 Å². The lowest BCUT2D eigenvalue weighted by Crippen LogP contribution is -2.41. The van der Waals surface area contributed by atoms with Crippen LogP contribution in [0.1, 0.15) is 32.2 Å². The second-order valence-corrected chi connectivity index (χ2v) is 11.6. The molecule has 2 aromatic heterocycles. The van der Waals surface area contributed by atoms with Gasteiger partial charge in [0.1, 0.15) is 23.5 Å². The van der Waals surface area contributed by atoms with Gasteiger partial charge in [-0.1, -0.05) is 0 Å². The number of aryl methyl sites for hydroxylation is 1. The Kier molecular flexibility index (Phi) is 8.69. The number of methoxy groups -OCH3 is 2. The molecule has 1 N–H and O–H groups in total. The summed E-state index contributed by atoms with van der Waals surface area (Å²) in [6.45, 7) is 4.57. The first kappa shape index (κ1) is 31.5. The van der Waals surface area contributed by atoms with Gasteiger partial charge in [0.2, 0.25) is 0 Å². The minimum atomic E-state index is -4.91. The van der Waals surface area contributed by atoms with Gasteiger partial charge in [-0.25, -0.2) is 0 Å². The molecule has 0 unspecified atom stereocenters. The van der Waals surface area contributed by atoms with Crippen LogP contribution in [0.5, 0.6) is 23.0 Å². The summed E-state index contributed by atoms with van der Waals surface area (Å²) < 4.78 is 76.9. The lowest BCUT2D eigenvalue weighted by atomic mass is 10.1. The maximum atomic E-state index is 13.9.